The molecule has 21 heavy (non-hydrogen) atoms. The third-order valence-electron chi connectivity index (χ3n) is 2.46. The Morgan fingerprint density at radius 3 is 2.90 bits per heavy atom. The third-order valence-corrected chi connectivity index (χ3v) is 4.96. The summed E-state index contributed by atoms with van der Waals surface area (Å²) in [6, 6.07) is 3.27. The van der Waals surface area contributed by atoms with Gasteiger partial charge in [-0.15, -0.1) is 6.58 Å². The van der Waals surface area contributed by atoms with Crippen LogP contribution < -0.4 is 4.74 Å². The summed E-state index contributed by atoms with van der Waals surface area (Å²) in [5.74, 6) is 1.17. The number of nitrogens with zero attached hydrogens (tertiary/aromatic N) is 1. The number of hydrogen-bond donors (Lipinski definition) is 0. The molecule has 0 saturated heterocycles. The fourth-order valence-electron chi connectivity index (χ4n) is 1.63. The SMILES string of the molecule is C=CCSC1=N/C(=C/c2cc(Cl)cc(Cl)c2OC)C(=O)S1. The summed E-state index contributed by atoms with van der Waals surface area (Å²) < 4.78 is 5.95. The van der Waals surface area contributed by atoms with Crippen LogP contribution in [0.1, 0.15) is 5.56 Å². The van der Waals surface area contributed by atoms with E-state index in [0.29, 0.717) is 37.2 Å². The van der Waals surface area contributed by atoms with E-state index in [-0.39, 0.29) is 5.12 Å². The Labute approximate surface area is 141 Å². The van der Waals surface area contributed by atoms with Crippen molar-refractivity contribution in [2.24, 2.45) is 4.99 Å². The van der Waals surface area contributed by atoms with Crippen LogP contribution in [0.15, 0.2) is 35.5 Å². The van der Waals surface area contributed by atoms with Crippen molar-refractivity contribution in [1.29, 1.82) is 0 Å². The molecule has 110 valence electrons. The predicted molar refractivity (Wildman–Crippen MR) is 93.7 cm³/mol. The number of carbonyl (C=O) groups excluding carboxylic acids is 1. The molecule has 1 aromatic carbocycles. The van der Waals surface area contributed by atoms with Crippen molar-refractivity contribution in [2.45, 2.75) is 0 Å². The molecule has 0 unspecified atom stereocenters. The largest absolute Gasteiger partial charge is 0.495 e. The lowest BCUT2D eigenvalue weighted by molar-refractivity contribution is -0.107. The van der Waals surface area contributed by atoms with Gasteiger partial charge in [-0.05, 0) is 30.0 Å². The average molecular weight is 360 g/mol. The number of thioether (sulfide) groups is 2. The second kappa shape index (κ2) is 7.40. The van der Waals surface area contributed by atoms with Crippen LogP contribution in [0, 0.1) is 0 Å². The number of carbonyl (C=O) groups is 1. The molecule has 1 aliphatic rings. The van der Waals surface area contributed by atoms with Gasteiger partial charge in [-0.25, -0.2) is 4.99 Å². The molecule has 0 aromatic heterocycles. The quantitative estimate of drug-likeness (QED) is 0.566. The van der Waals surface area contributed by atoms with Gasteiger partial charge in [0.15, 0.2) is 0 Å². The molecule has 2 rings (SSSR count). The van der Waals surface area contributed by atoms with Crippen molar-refractivity contribution in [1.82, 2.24) is 0 Å². The van der Waals surface area contributed by atoms with Crippen LogP contribution in [-0.2, 0) is 4.79 Å². The molecular weight excluding hydrogens is 349 g/mol. The van der Waals surface area contributed by atoms with Crippen LogP contribution in [0.2, 0.25) is 10.0 Å². The maximum Gasteiger partial charge on any atom is 0.244 e. The number of ether oxygens (including phenoxy) is 1. The highest BCUT2D eigenvalue weighted by atomic mass is 35.5. The standard InChI is InChI=1S/C14H11Cl2NO2S2/c1-3-4-20-14-17-11(13(18)21-14)6-8-5-9(15)7-10(16)12(8)19-2/h3,5-7H,1,4H2,2H3/b11-6+. The third kappa shape index (κ3) is 4.07. The van der Waals surface area contributed by atoms with Crippen molar-refractivity contribution < 1.29 is 9.53 Å². The van der Waals surface area contributed by atoms with Crippen LogP contribution in [0.25, 0.3) is 6.08 Å². The maximum absolute atomic E-state index is 12.0. The van der Waals surface area contributed by atoms with Gasteiger partial charge in [0.05, 0.1) is 12.1 Å². The van der Waals surface area contributed by atoms with Crippen LogP contribution >= 0.6 is 46.7 Å². The summed E-state index contributed by atoms with van der Waals surface area (Å²) in [5.41, 5.74) is 0.973. The Morgan fingerprint density at radius 1 is 1.48 bits per heavy atom. The second-order valence-corrected chi connectivity index (χ2v) is 6.98. The topological polar surface area (TPSA) is 38.7 Å². The number of rotatable bonds is 4. The van der Waals surface area contributed by atoms with Crippen LogP contribution in [0.3, 0.4) is 0 Å². The number of halogens is 2. The minimum atomic E-state index is -0.111. The van der Waals surface area contributed by atoms with Gasteiger partial charge in [0.2, 0.25) is 5.12 Å². The van der Waals surface area contributed by atoms with E-state index in [9.17, 15) is 4.79 Å². The van der Waals surface area contributed by atoms with E-state index in [2.05, 4.69) is 11.6 Å². The Balaban J connectivity index is 2.37. The van der Waals surface area contributed by atoms with Gasteiger partial charge >= 0.3 is 0 Å². The first-order valence-electron chi connectivity index (χ1n) is 5.84. The molecule has 0 radical (unpaired) electrons. The van der Waals surface area contributed by atoms with Crippen molar-refractivity contribution in [3.05, 3.63) is 46.1 Å². The minimum absolute atomic E-state index is 0.111. The molecule has 3 nitrogen and oxygen atoms in total. The molecule has 0 fully saturated rings. The van der Waals surface area contributed by atoms with E-state index in [1.54, 1.807) is 24.3 Å². The first-order valence-corrected chi connectivity index (χ1v) is 8.40. The summed E-state index contributed by atoms with van der Waals surface area (Å²) in [5, 5.41) is 0.746. The highest BCUT2D eigenvalue weighted by Gasteiger charge is 2.23. The molecule has 0 amide bonds. The lowest BCUT2D eigenvalue weighted by atomic mass is 10.1. The molecule has 7 heteroatoms. The minimum Gasteiger partial charge on any atom is -0.495 e. The van der Waals surface area contributed by atoms with E-state index in [4.69, 9.17) is 27.9 Å². The summed E-state index contributed by atoms with van der Waals surface area (Å²) in [7, 11) is 1.51. The molecule has 0 atom stereocenters. The van der Waals surface area contributed by atoms with Crippen molar-refractivity contribution in [2.75, 3.05) is 12.9 Å². The lowest BCUT2D eigenvalue weighted by Crippen LogP contribution is -1.92. The lowest BCUT2D eigenvalue weighted by Gasteiger charge is -2.08. The fraction of sp³-hybridized carbons (Fsp3) is 0.143. The maximum atomic E-state index is 12.0. The molecule has 0 saturated carbocycles. The molecule has 1 aliphatic heterocycles. The summed E-state index contributed by atoms with van der Waals surface area (Å²) in [6.07, 6.45) is 3.40. The Bertz CT molecular complexity index is 657. The van der Waals surface area contributed by atoms with E-state index in [0.717, 1.165) is 11.8 Å². The molecule has 0 N–H and O–H groups in total. The van der Waals surface area contributed by atoms with Crippen LogP contribution in [0.5, 0.6) is 5.75 Å². The van der Waals surface area contributed by atoms with Gasteiger partial charge < -0.3 is 4.74 Å². The number of aliphatic imine (C=N–C) groups is 1. The summed E-state index contributed by atoms with van der Waals surface area (Å²) >= 11 is 14.6. The van der Waals surface area contributed by atoms with Gasteiger partial charge in [0.25, 0.3) is 0 Å². The molecule has 1 heterocycles. The average Bonchev–Trinajstić information content (AvgIpc) is 2.76. The first kappa shape index (κ1) is 16.5. The Morgan fingerprint density at radius 2 is 2.24 bits per heavy atom. The molecule has 1 aromatic rings. The summed E-state index contributed by atoms with van der Waals surface area (Å²) in [4.78, 5) is 16.3. The van der Waals surface area contributed by atoms with Gasteiger partial charge in [0, 0.05) is 16.3 Å². The summed E-state index contributed by atoms with van der Waals surface area (Å²) in [6.45, 7) is 3.64. The highest BCUT2D eigenvalue weighted by Crippen LogP contribution is 2.36. The molecular formula is C14H11Cl2NO2S2. The van der Waals surface area contributed by atoms with E-state index in [1.807, 2.05) is 0 Å². The van der Waals surface area contributed by atoms with Gasteiger partial charge in [-0.1, -0.05) is 41.0 Å². The molecule has 0 aliphatic carbocycles. The Hall–Kier alpha value is -0.880. The zero-order chi connectivity index (χ0) is 15.4. The van der Waals surface area contributed by atoms with Gasteiger partial charge in [-0.3, -0.25) is 4.79 Å². The van der Waals surface area contributed by atoms with Gasteiger partial charge in [0.1, 0.15) is 15.8 Å². The van der Waals surface area contributed by atoms with Crippen LogP contribution in [-0.4, -0.2) is 22.4 Å². The van der Waals surface area contributed by atoms with E-state index >= 15 is 0 Å². The number of benzene rings is 1. The monoisotopic (exact) mass is 359 g/mol. The van der Waals surface area contributed by atoms with Gasteiger partial charge in [-0.2, -0.15) is 0 Å². The highest BCUT2D eigenvalue weighted by molar-refractivity contribution is 8.45. The van der Waals surface area contributed by atoms with Crippen molar-refractivity contribution >= 4 is 62.3 Å². The zero-order valence-corrected chi connectivity index (χ0v) is 14.2. The second-order valence-electron chi connectivity index (χ2n) is 3.91. The number of methoxy groups -OCH3 is 1. The normalized spacial score (nSPS) is 16.2. The van der Waals surface area contributed by atoms with Crippen molar-refractivity contribution in [3.8, 4) is 5.75 Å². The van der Waals surface area contributed by atoms with Crippen LogP contribution in [0.4, 0.5) is 0 Å². The fourth-order valence-corrected chi connectivity index (χ4v) is 3.82. The number of hydrogen-bond acceptors (Lipinski definition) is 5. The smallest absolute Gasteiger partial charge is 0.244 e. The predicted octanol–water partition coefficient (Wildman–Crippen LogP) is 4.89. The molecule has 0 bridgehead atoms. The zero-order valence-electron chi connectivity index (χ0n) is 11.1. The van der Waals surface area contributed by atoms with E-state index in [1.165, 1.54) is 18.9 Å². The first-order chi connectivity index (χ1) is 10.0. The van der Waals surface area contributed by atoms with Crippen molar-refractivity contribution in [3.63, 3.8) is 0 Å². The van der Waals surface area contributed by atoms with E-state index < -0.39 is 0 Å². The Kier molecular flexibility index (Phi) is 5.81. The molecule has 0 spiro atoms.